The van der Waals surface area contributed by atoms with Crippen LogP contribution < -0.4 is 0 Å². The highest BCUT2D eigenvalue weighted by Crippen LogP contribution is 2.31. The highest BCUT2D eigenvalue weighted by molar-refractivity contribution is 6.59. The molecule has 1 aliphatic rings. The van der Waals surface area contributed by atoms with Gasteiger partial charge in [0.1, 0.15) is 0 Å². The third-order valence-corrected chi connectivity index (χ3v) is 4.55. The van der Waals surface area contributed by atoms with Gasteiger partial charge in [0, 0.05) is 8.80 Å². The highest BCUT2D eigenvalue weighted by atomic mass is 28.3. The molecular weight excluding hydrogens is 136 g/mol. The van der Waals surface area contributed by atoms with Gasteiger partial charge in [-0.3, -0.25) is 0 Å². The summed E-state index contributed by atoms with van der Waals surface area (Å²) in [4.78, 5) is 0. The fourth-order valence-electron chi connectivity index (χ4n) is 1.51. The molecule has 0 saturated carbocycles. The normalized spacial score (nSPS) is 25.1. The van der Waals surface area contributed by atoms with Crippen molar-refractivity contribution in [2.45, 2.75) is 32.5 Å². The minimum atomic E-state index is -0.464. The molecule has 0 radical (unpaired) electrons. The third-order valence-electron chi connectivity index (χ3n) is 2.39. The van der Waals surface area contributed by atoms with Gasteiger partial charge in [0.2, 0.25) is 0 Å². The molecule has 0 amide bonds. The molecule has 0 spiro atoms. The number of allylic oxidation sites excluding steroid dienone is 4. The molecule has 0 aliphatic heterocycles. The average Bonchev–Trinajstić information content (AvgIpc) is 2.14. The molecule has 10 heavy (non-hydrogen) atoms. The zero-order valence-corrected chi connectivity index (χ0v) is 8.46. The van der Waals surface area contributed by atoms with E-state index in [-0.39, 0.29) is 0 Å². The van der Waals surface area contributed by atoms with Crippen LogP contribution in [0.5, 0.6) is 0 Å². The fourth-order valence-corrected chi connectivity index (χ4v) is 3.33. The van der Waals surface area contributed by atoms with Crippen LogP contribution in [-0.4, -0.2) is 8.80 Å². The maximum absolute atomic E-state index is 2.41. The second-order valence-electron chi connectivity index (χ2n) is 3.49. The molecule has 1 aliphatic carbocycles. The third kappa shape index (κ3) is 1.24. The van der Waals surface area contributed by atoms with E-state index in [1.54, 1.807) is 5.57 Å². The lowest BCUT2D eigenvalue weighted by Crippen LogP contribution is -2.09. The van der Waals surface area contributed by atoms with Gasteiger partial charge >= 0.3 is 0 Å². The molecule has 0 aromatic rings. The van der Waals surface area contributed by atoms with E-state index >= 15 is 0 Å². The Labute approximate surface area is 65.3 Å². The molecule has 0 saturated heterocycles. The van der Waals surface area contributed by atoms with Gasteiger partial charge in [0.15, 0.2) is 0 Å². The Kier molecular flexibility index (Phi) is 2.14. The van der Waals surface area contributed by atoms with Crippen LogP contribution >= 0.6 is 0 Å². The van der Waals surface area contributed by atoms with Crippen molar-refractivity contribution < 1.29 is 0 Å². The predicted octanol–water partition coefficient (Wildman–Crippen LogP) is 2.75. The number of rotatable bonds is 1. The predicted molar refractivity (Wildman–Crippen MR) is 50.1 cm³/mol. The van der Waals surface area contributed by atoms with Crippen molar-refractivity contribution in [1.29, 1.82) is 0 Å². The van der Waals surface area contributed by atoms with Crippen molar-refractivity contribution in [2.75, 3.05) is 0 Å². The quantitative estimate of drug-likeness (QED) is 0.507. The summed E-state index contributed by atoms with van der Waals surface area (Å²) in [6, 6.07) is 0. The molecule has 0 N–H and O–H groups in total. The molecule has 0 aromatic carbocycles. The van der Waals surface area contributed by atoms with E-state index in [0.717, 1.165) is 5.54 Å². The second-order valence-corrected chi connectivity index (χ2v) is 6.70. The molecule has 0 fully saturated rings. The first-order chi connectivity index (χ1) is 4.63. The first-order valence-corrected chi connectivity index (χ1v) is 6.96. The Balaban J connectivity index is 2.78. The summed E-state index contributed by atoms with van der Waals surface area (Å²) in [6.45, 7) is 9.31. The monoisotopic (exact) mass is 152 g/mol. The Bertz CT molecular complexity index is 187. The fraction of sp³-hybridized carbons (Fsp3) is 0.556. The van der Waals surface area contributed by atoms with Gasteiger partial charge in [-0.15, -0.1) is 0 Å². The summed E-state index contributed by atoms with van der Waals surface area (Å²) in [5, 5.41) is 0. The molecule has 0 nitrogen and oxygen atoms in total. The van der Waals surface area contributed by atoms with E-state index in [9.17, 15) is 0 Å². The minimum Gasteiger partial charge on any atom is -0.0801 e. The molecule has 1 atom stereocenters. The van der Waals surface area contributed by atoms with Gasteiger partial charge in [0.05, 0.1) is 0 Å². The van der Waals surface area contributed by atoms with Crippen molar-refractivity contribution in [3.05, 3.63) is 23.3 Å². The summed E-state index contributed by atoms with van der Waals surface area (Å²) in [7, 11) is -0.464. The maximum atomic E-state index is 2.41. The van der Waals surface area contributed by atoms with Crippen molar-refractivity contribution in [2.24, 2.45) is 0 Å². The van der Waals surface area contributed by atoms with Crippen LogP contribution in [0.3, 0.4) is 0 Å². The zero-order chi connectivity index (χ0) is 7.72. The lowest BCUT2D eigenvalue weighted by atomic mass is 10.2. The van der Waals surface area contributed by atoms with E-state index in [1.807, 2.05) is 0 Å². The summed E-state index contributed by atoms with van der Waals surface area (Å²) < 4.78 is 0. The topological polar surface area (TPSA) is 0 Å². The van der Waals surface area contributed by atoms with E-state index in [4.69, 9.17) is 0 Å². The van der Waals surface area contributed by atoms with Crippen LogP contribution in [0.25, 0.3) is 0 Å². The molecule has 0 aromatic heterocycles. The molecule has 1 unspecified atom stereocenters. The van der Waals surface area contributed by atoms with Gasteiger partial charge in [-0.25, -0.2) is 0 Å². The summed E-state index contributed by atoms with van der Waals surface area (Å²) in [5.41, 5.74) is 3.95. The summed E-state index contributed by atoms with van der Waals surface area (Å²) in [6.07, 6.45) is 4.65. The van der Waals surface area contributed by atoms with Gasteiger partial charge in [-0.2, -0.15) is 0 Å². The first-order valence-electron chi connectivity index (χ1n) is 3.98. The molecule has 1 rings (SSSR count). The van der Waals surface area contributed by atoms with Crippen LogP contribution in [-0.2, 0) is 0 Å². The van der Waals surface area contributed by atoms with E-state index in [1.165, 1.54) is 5.57 Å². The Hall–Kier alpha value is -0.303. The molecule has 1 heteroatoms. The highest BCUT2D eigenvalue weighted by Gasteiger charge is 2.17. The molecule has 0 heterocycles. The lowest BCUT2D eigenvalue weighted by Gasteiger charge is -2.12. The van der Waals surface area contributed by atoms with Crippen molar-refractivity contribution >= 4 is 8.80 Å². The van der Waals surface area contributed by atoms with E-state index in [2.05, 4.69) is 39.1 Å². The second kappa shape index (κ2) is 2.75. The Morgan fingerprint density at radius 1 is 1.30 bits per heavy atom. The molecule has 0 bridgehead atoms. The lowest BCUT2D eigenvalue weighted by molar-refractivity contribution is 1.17. The van der Waals surface area contributed by atoms with Gasteiger partial charge in [0.25, 0.3) is 0 Å². The van der Waals surface area contributed by atoms with Crippen molar-refractivity contribution in [1.82, 2.24) is 0 Å². The average molecular weight is 152 g/mol. The van der Waals surface area contributed by atoms with E-state index in [0.29, 0.717) is 0 Å². The molecule has 56 valence electrons. The Morgan fingerprint density at radius 2 is 1.90 bits per heavy atom. The SMILES string of the molecule is CC1=C(C)C([SiH](C)C)C=C1. The zero-order valence-electron chi connectivity index (χ0n) is 7.31. The van der Waals surface area contributed by atoms with Crippen LogP contribution in [0.4, 0.5) is 0 Å². The van der Waals surface area contributed by atoms with Crippen LogP contribution in [0.15, 0.2) is 23.3 Å². The van der Waals surface area contributed by atoms with Crippen LogP contribution in [0.2, 0.25) is 18.6 Å². The van der Waals surface area contributed by atoms with Gasteiger partial charge in [-0.05, 0) is 19.4 Å². The summed E-state index contributed by atoms with van der Waals surface area (Å²) >= 11 is 0. The van der Waals surface area contributed by atoms with Crippen molar-refractivity contribution in [3.8, 4) is 0 Å². The van der Waals surface area contributed by atoms with Gasteiger partial charge in [-0.1, -0.05) is 36.4 Å². The summed E-state index contributed by atoms with van der Waals surface area (Å²) in [5.74, 6) is 0. The van der Waals surface area contributed by atoms with Crippen molar-refractivity contribution in [3.63, 3.8) is 0 Å². The smallest absolute Gasteiger partial charge is 0.0431 e. The van der Waals surface area contributed by atoms with Gasteiger partial charge < -0.3 is 0 Å². The Morgan fingerprint density at radius 3 is 2.10 bits per heavy atom. The first kappa shape index (κ1) is 7.80. The van der Waals surface area contributed by atoms with Crippen LogP contribution in [0, 0.1) is 0 Å². The maximum Gasteiger partial charge on any atom is 0.0431 e. The number of hydrogen-bond donors (Lipinski definition) is 0. The minimum absolute atomic E-state index is 0.464. The largest absolute Gasteiger partial charge is 0.0801 e. The number of hydrogen-bond acceptors (Lipinski definition) is 0. The van der Waals surface area contributed by atoms with Crippen LogP contribution in [0.1, 0.15) is 13.8 Å². The standard InChI is InChI=1S/C9H16Si/c1-7-5-6-9(8(7)2)10(3)4/h5-6,9-10H,1-4H3. The van der Waals surface area contributed by atoms with E-state index < -0.39 is 8.80 Å². The molecular formula is C9H16Si.